The monoisotopic (exact) mass is 381 g/mol. The van der Waals surface area contributed by atoms with Gasteiger partial charge in [0.2, 0.25) is 0 Å². The van der Waals surface area contributed by atoms with E-state index in [1.807, 2.05) is 49.7 Å². The van der Waals surface area contributed by atoms with Gasteiger partial charge in [0.05, 0.1) is 11.8 Å². The van der Waals surface area contributed by atoms with Gasteiger partial charge in [-0.3, -0.25) is 4.79 Å². The molecular formula is C22H27N3O3. The Morgan fingerprint density at radius 1 is 1.14 bits per heavy atom. The molecule has 0 unspecified atom stereocenters. The Kier molecular flexibility index (Phi) is 6.66. The van der Waals surface area contributed by atoms with Crippen molar-refractivity contribution in [3.05, 3.63) is 65.6 Å². The molecule has 2 heterocycles. The zero-order valence-corrected chi connectivity index (χ0v) is 16.6. The summed E-state index contributed by atoms with van der Waals surface area (Å²) in [6.45, 7) is 7.66. The van der Waals surface area contributed by atoms with Crippen LogP contribution in [-0.4, -0.2) is 34.5 Å². The average molecular weight is 381 g/mol. The number of carbonyl (C=O) groups is 1. The normalized spacial score (nSPS) is 11.1. The lowest BCUT2D eigenvalue weighted by Gasteiger charge is -2.09. The number of amides is 1. The van der Waals surface area contributed by atoms with Crippen LogP contribution in [0.1, 0.15) is 41.9 Å². The molecule has 2 aromatic heterocycles. The van der Waals surface area contributed by atoms with Crippen LogP contribution >= 0.6 is 0 Å². The zero-order chi connectivity index (χ0) is 19.9. The number of nitrogens with one attached hydrogen (secondary N) is 1. The van der Waals surface area contributed by atoms with Crippen molar-refractivity contribution < 1.29 is 14.3 Å². The number of pyridine rings is 1. The van der Waals surface area contributed by atoms with Crippen molar-refractivity contribution in [2.24, 2.45) is 0 Å². The topological polar surface area (TPSA) is 64.9 Å². The van der Waals surface area contributed by atoms with Crippen LogP contribution in [0.15, 0.2) is 48.8 Å². The van der Waals surface area contributed by atoms with E-state index in [0.29, 0.717) is 31.1 Å². The molecule has 0 radical (unpaired) electrons. The summed E-state index contributed by atoms with van der Waals surface area (Å²) in [5.41, 5.74) is 3.55. The van der Waals surface area contributed by atoms with Gasteiger partial charge in [-0.15, -0.1) is 0 Å². The number of hydrogen-bond donors (Lipinski definition) is 1. The van der Waals surface area contributed by atoms with E-state index in [0.717, 1.165) is 17.8 Å². The molecule has 1 aromatic carbocycles. The van der Waals surface area contributed by atoms with Crippen LogP contribution in [0.3, 0.4) is 0 Å². The maximum absolute atomic E-state index is 12.2. The summed E-state index contributed by atoms with van der Waals surface area (Å²) in [4.78, 5) is 16.7. The van der Waals surface area contributed by atoms with Crippen LogP contribution in [0.2, 0.25) is 0 Å². The quantitative estimate of drug-likeness (QED) is 0.573. The molecule has 0 aliphatic rings. The molecule has 0 spiro atoms. The molecule has 6 nitrogen and oxygen atoms in total. The van der Waals surface area contributed by atoms with Gasteiger partial charge in [0, 0.05) is 31.1 Å². The Bertz CT molecular complexity index is 916. The highest BCUT2D eigenvalue weighted by molar-refractivity contribution is 5.94. The number of rotatable bonds is 9. The maximum Gasteiger partial charge on any atom is 0.251 e. The first kappa shape index (κ1) is 19.9. The van der Waals surface area contributed by atoms with E-state index < -0.39 is 0 Å². The van der Waals surface area contributed by atoms with E-state index in [1.54, 1.807) is 24.3 Å². The van der Waals surface area contributed by atoms with Gasteiger partial charge in [0.1, 0.15) is 18.0 Å². The summed E-state index contributed by atoms with van der Waals surface area (Å²) in [6.07, 6.45) is 5.01. The molecule has 28 heavy (non-hydrogen) atoms. The number of ether oxygens (including phenoxy) is 2. The van der Waals surface area contributed by atoms with Gasteiger partial charge >= 0.3 is 0 Å². The molecule has 0 atom stereocenters. The van der Waals surface area contributed by atoms with Crippen LogP contribution in [0.5, 0.6) is 5.75 Å². The summed E-state index contributed by atoms with van der Waals surface area (Å²) < 4.78 is 13.3. The second-order valence-electron chi connectivity index (χ2n) is 7.05. The van der Waals surface area contributed by atoms with Crippen LogP contribution in [0, 0.1) is 6.92 Å². The predicted octanol–water partition coefficient (Wildman–Crippen LogP) is 3.77. The van der Waals surface area contributed by atoms with Crippen molar-refractivity contribution in [2.75, 3.05) is 13.2 Å². The minimum absolute atomic E-state index is 0.0909. The van der Waals surface area contributed by atoms with E-state index in [9.17, 15) is 4.79 Å². The molecule has 0 saturated carbocycles. The van der Waals surface area contributed by atoms with Gasteiger partial charge in [0.15, 0.2) is 0 Å². The molecule has 0 fully saturated rings. The zero-order valence-electron chi connectivity index (χ0n) is 16.6. The first-order valence-corrected chi connectivity index (χ1v) is 9.58. The summed E-state index contributed by atoms with van der Waals surface area (Å²) >= 11 is 0. The van der Waals surface area contributed by atoms with E-state index in [4.69, 9.17) is 9.47 Å². The highest BCUT2D eigenvalue weighted by atomic mass is 16.5. The van der Waals surface area contributed by atoms with Crippen molar-refractivity contribution in [3.8, 4) is 5.75 Å². The molecule has 1 amide bonds. The highest BCUT2D eigenvalue weighted by Gasteiger charge is 2.06. The third kappa shape index (κ3) is 5.57. The fourth-order valence-electron chi connectivity index (χ4n) is 2.78. The van der Waals surface area contributed by atoms with Crippen molar-refractivity contribution in [1.29, 1.82) is 0 Å². The van der Waals surface area contributed by atoms with Crippen LogP contribution in [0.25, 0.3) is 5.65 Å². The smallest absolute Gasteiger partial charge is 0.251 e. The molecule has 0 aliphatic carbocycles. The van der Waals surface area contributed by atoms with Crippen LogP contribution in [0.4, 0.5) is 0 Å². The van der Waals surface area contributed by atoms with E-state index >= 15 is 0 Å². The second-order valence-corrected chi connectivity index (χ2v) is 7.05. The summed E-state index contributed by atoms with van der Waals surface area (Å²) in [6, 6.07) is 11.2. The number of fused-ring (bicyclic) bond motifs is 1. The third-order valence-electron chi connectivity index (χ3n) is 4.21. The lowest BCUT2D eigenvalue weighted by molar-refractivity contribution is 0.0757. The number of nitrogens with zero attached hydrogens (tertiary/aromatic N) is 2. The van der Waals surface area contributed by atoms with Gasteiger partial charge in [0.25, 0.3) is 5.91 Å². The van der Waals surface area contributed by atoms with Crippen LogP contribution < -0.4 is 10.1 Å². The number of aryl methyl sites for hydroxylation is 1. The fourth-order valence-corrected chi connectivity index (χ4v) is 2.78. The third-order valence-corrected chi connectivity index (χ3v) is 4.21. The van der Waals surface area contributed by atoms with E-state index in [2.05, 4.69) is 10.3 Å². The molecule has 0 aliphatic heterocycles. The first-order chi connectivity index (χ1) is 13.5. The number of aromatic nitrogens is 2. The molecule has 1 N–H and O–H groups in total. The van der Waals surface area contributed by atoms with E-state index in [1.165, 1.54) is 5.56 Å². The molecule has 6 heteroatoms. The van der Waals surface area contributed by atoms with Gasteiger partial charge in [-0.1, -0.05) is 6.07 Å². The minimum atomic E-state index is -0.0909. The number of benzene rings is 1. The van der Waals surface area contributed by atoms with Gasteiger partial charge in [-0.25, -0.2) is 4.98 Å². The molecule has 3 aromatic rings. The van der Waals surface area contributed by atoms with Gasteiger partial charge in [-0.2, -0.15) is 0 Å². The average Bonchev–Trinajstić information content (AvgIpc) is 3.08. The lowest BCUT2D eigenvalue weighted by Crippen LogP contribution is -2.25. The first-order valence-electron chi connectivity index (χ1n) is 9.58. The van der Waals surface area contributed by atoms with Crippen molar-refractivity contribution in [1.82, 2.24) is 14.7 Å². The van der Waals surface area contributed by atoms with E-state index in [-0.39, 0.29) is 12.0 Å². The Balaban J connectivity index is 1.47. The molecule has 148 valence electrons. The molecule has 0 bridgehead atoms. The molecule has 0 saturated heterocycles. The SMILES string of the molecule is Cc1ccc2nc(COc3ccc(C(=O)NCCCOC(C)C)cc3)cn2c1. The van der Waals surface area contributed by atoms with Crippen molar-refractivity contribution >= 4 is 11.6 Å². The highest BCUT2D eigenvalue weighted by Crippen LogP contribution is 2.15. The van der Waals surface area contributed by atoms with Crippen molar-refractivity contribution in [2.45, 2.75) is 39.9 Å². The fraction of sp³-hybridized carbons (Fsp3) is 0.364. The minimum Gasteiger partial charge on any atom is -0.487 e. The Morgan fingerprint density at radius 2 is 1.93 bits per heavy atom. The molecule has 3 rings (SSSR count). The second kappa shape index (κ2) is 9.37. The van der Waals surface area contributed by atoms with Gasteiger partial charge in [-0.05, 0) is 63.1 Å². The maximum atomic E-state index is 12.2. The number of carbonyl (C=O) groups excluding carboxylic acids is 1. The number of imidazole rings is 1. The Labute approximate surface area is 165 Å². The lowest BCUT2D eigenvalue weighted by atomic mass is 10.2. The van der Waals surface area contributed by atoms with Crippen LogP contribution in [-0.2, 0) is 11.3 Å². The summed E-state index contributed by atoms with van der Waals surface area (Å²) in [5, 5.41) is 2.90. The predicted molar refractivity (Wildman–Crippen MR) is 109 cm³/mol. The van der Waals surface area contributed by atoms with Gasteiger partial charge < -0.3 is 19.2 Å². The molecular weight excluding hydrogens is 354 g/mol. The largest absolute Gasteiger partial charge is 0.487 e. The summed E-state index contributed by atoms with van der Waals surface area (Å²) in [7, 11) is 0. The summed E-state index contributed by atoms with van der Waals surface area (Å²) in [5.74, 6) is 0.613. The standard InChI is InChI=1S/C22H27N3O3/c1-16(2)27-12-4-11-23-22(26)18-6-8-20(9-7-18)28-15-19-14-25-13-17(3)5-10-21(25)24-19/h5-10,13-14,16H,4,11-12,15H2,1-3H3,(H,23,26). The Hall–Kier alpha value is -2.86. The van der Waals surface area contributed by atoms with Crippen molar-refractivity contribution in [3.63, 3.8) is 0 Å². The number of hydrogen-bond acceptors (Lipinski definition) is 4. The Morgan fingerprint density at radius 3 is 2.68 bits per heavy atom.